The number of rotatable bonds is 2. The van der Waals surface area contributed by atoms with E-state index >= 15 is 0 Å². The van der Waals surface area contributed by atoms with Crippen molar-refractivity contribution in [2.24, 2.45) is 0 Å². The normalized spacial score (nSPS) is 21.3. The summed E-state index contributed by atoms with van der Waals surface area (Å²) in [5.74, 6) is 2.44. The third-order valence-corrected chi connectivity index (χ3v) is 3.99. The average Bonchev–Trinajstić information content (AvgIpc) is 2.25. The summed E-state index contributed by atoms with van der Waals surface area (Å²) < 4.78 is 0. The van der Waals surface area contributed by atoms with Gasteiger partial charge in [-0.3, -0.25) is 0 Å². The molecule has 15 heavy (non-hydrogen) atoms. The van der Waals surface area contributed by atoms with Gasteiger partial charge >= 0.3 is 0 Å². The highest BCUT2D eigenvalue weighted by molar-refractivity contribution is 7.99. The molecule has 1 heterocycles. The maximum atomic E-state index is 5.93. The van der Waals surface area contributed by atoms with Crippen molar-refractivity contribution in [3.05, 3.63) is 23.2 Å². The van der Waals surface area contributed by atoms with Crippen molar-refractivity contribution in [3.63, 3.8) is 0 Å². The lowest BCUT2D eigenvalue weighted by molar-refractivity contribution is 0.685. The number of thioether (sulfide) groups is 1. The Bertz CT molecular complexity index is 337. The van der Waals surface area contributed by atoms with Gasteiger partial charge < -0.3 is 11.1 Å². The second kappa shape index (κ2) is 4.99. The van der Waals surface area contributed by atoms with Gasteiger partial charge in [0.05, 0.1) is 11.4 Å². The largest absolute Gasteiger partial charge is 0.397 e. The van der Waals surface area contributed by atoms with Crippen molar-refractivity contribution in [2.75, 3.05) is 22.6 Å². The molecule has 0 aliphatic carbocycles. The number of nitrogens with two attached hydrogens (primary N) is 1. The summed E-state index contributed by atoms with van der Waals surface area (Å²) in [6.07, 6.45) is 2.50. The van der Waals surface area contributed by atoms with Gasteiger partial charge in [0.25, 0.3) is 0 Å². The molecule has 0 amide bonds. The number of nitrogen functional groups attached to an aromatic ring is 1. The zero-order valence-corrected chi connectivity index (χ0v) is 10.1. The standard InChI is InChI=1S/C11H15ClN2S/c12-8-3-4-10(13)11(6-8)14-9-2-1-5-15-7-9/h3-4,6,9,14H,1-2,5,7,13H2. The fraction of sp³-hybridized carbons (Fsp3) is 0.455. The van der Waals surface area contributed by atoms with Crippen molar-refractivity contribution in [3.8, 4) is 0 Å². The van der Waals surface area contributed by atoms with Crippen LogP contribution in [-0.2, 0) is 0 Å². The van der Waals surface area contributed by atoms with Crippen LogP contribution in [0.2, 0.25) is 5.02 Å². The Labute approximate surface area is 99.6 Å². The summed E-state index contributed by atoms with van der Waals surface area (Å²) in [6, 6.07) is 6.10. The molecule has 0 radical (unpaired) electrons. The van der Waals surface area contributed by atoms with Crippen LogP contribution in [0.3, 0.4) is 0 Å². The fourth-order valence-electron chi connectivity index (χ4n) is 1.73. The first kappa shape index (κ1) is 11.0. The third kappa shape index (κ3) is 2.95. The molecule has 1 aromatic rings. The van der Waals surface area contributed by atoms with Crippen molar-refractivity contribution in [1.29, 1.82) is 0 Å². The first-order valence-electron chi connectivity index (χ1n) is 5.15. The SMILES string of the molecule is Nc1ccc(Cl)cc1NC1CCCSC1. The van der Waals surface area contributed by atoms with Gasteiger partial charge in [0.1, 0.15) is 0 Å². The number of benzene rings is 1. The maximum absolute atomic E-state index is 5.93. The van der Waals surface area contributed by atoms with Crippen molar-refractivity contribution < 1.29 is 0 Å². The summed E-state index contributed by atoms with van der Waals surface area (Å²) >= 11 is 7.93. The van der Waals surface area contributed by atoms with Crippen LogP contribution < -0.4 is 11.1 Å². The minimum absolute atomic E-state index is 0.532. The molecular weight excluding hydrogens is 228 g/mol. The van der Waals surface area contributed by atoms with Crippen LogP contribution in [0.1, 0.15) is 12.8 Å². The molecular formula is C11H15ClN2S. The number of hydrogen-bond donors (Lipinski definition) is 2. The molecule has 82 valence electrons. The zero-order chi connectivity index (χ0) is 10.7. The topological polar surface area (TPSA) is 38.0 Å². The molecule has 0 spiro atoms. The predicted molar refractivity (Wildman–Crippen MR) is 69.8 cm³/mol. The van der Waals surface area contributed by atoms with Gasteiger partial charge in [0.15, 0.2) is 0 Å². The summed E-state index contributed by atoms with van der Waals surface area (Å²) in [7, 11) is 0. The fourth-order valence-corrected chi connectivity index (χ4v) is 2.97. The number of anilines is 2. The smallest absolute Gasteiger partial charge is 0.0591 e. The molecule has 1 aromatic carbocycles. The van der Waals surface area contributed by atoms with E-state index in [0.717, 1.165) is 22.2 Å². The maximum Gasteiger partial charge on any atom is 0.0591 e. The van der Waals surface area contributed by atoms with Gasteiger partial charge in [-0.15, -0.1) is 0 Å². The van der Waals surface area contributed by atoms with Crippen molar-refractivity contribution in [2.45, 2.75) is 18.9 Å². The van der Waals surface area contributed by atoms with E-state index in [9.17, 15) is 0 Å². The lowest BCUT2D eigenvalue weighted by Crippen LogP contribution is -2.26. The van der Waals surface area contributed by atoms with E-state index in [-0.39, 0.29) is 0 Å². The van der Waals surface area contributed by atoms with Crippen molar-refractivity contribution in [1.82, 2.24) is 0 Å². The molecule has 1 aliphatic rings. The zero-order valence-electron chi connectivity index (χ0n) is 8.50. The molecule has 4 heteroatoms. The Hall–Kier alpha value is -0.540. The van der Waals surface area contributed by atoms with E-state index in [1.807, 2.05) is 30.0 Å². The van der Waals surface area contributed by atoms with Crippen LogP contribution in [0.25, 0.3) is 0 Å². The Morgan fingerprint density at radius 1 is 1.47 bits per heavy atom. The Balaban J connectivity index is 2.05. The van der Waals surface area contributed by atoms with E-state index in [1.54, 1.807) is 0 Å². The monoisotopic (exact) mass is 242 g/mol. The molecule has 1 atom stereocenters. The van der Waals surface area contributed by atoms with Crippen LogP contribution in [0.15, 0.2) is 18.2 Å². The molecule has 0 bridgehead atoms. The molecule has 1 saturated heterocycles. The minimum Gasteiger partial charge on any atom is -0.397 e. The van der Waals surface area contributed by atoms with Crippen LogP contribution in [0, 0.1) is 0 Å². The summed E-state index contributed by atoms with van der Waals surface area (Å²) in [5, 5.41) is 4.19. The lowest BCUT2D eigenvalue weighted by Gasteiger charge is -2.24. The quantitative estimate of drug-likeness (QED) is 0.782. The van der Waals surface area contributed by atoms with Gasteiger partial charge in [0.2, 0.25) is 0 Å². The molecule has 3 N–H and O–H groups in total. The molecule has 1 unspecified atom stereocenters. The van der Waals surface area contributed by atoms with Crippen molar-refractivity contribution >= 4 is 34.7 Å². The van der Waals surface area contributed by atoms with E-state index < -0.39 is 0 Å². The molecule has 1 aliphatic heterocycles. The van der Waals surface area contributed by atoms with Crippen LogP contribution in [-0.4, -0.2) is 17.5 Å². The first-order valence-corrected chi connectivity index (χ1v) is 6.68. The van der Waals surface area contributed by atoms with E-state index in [4.69, 9.17) is 17.3 Å². The Morgan fingerprint density at radius 3 is 3.07 bits per heavy atom. The van der Waals surface area contributed by atoms with E-state index in [0.29, 0.717) is 6.04 Å². The molecule has 0 saturated carbocycles. The van der Waals surface area contributed by atoms with Gasteiger partial charge in [-0.25, -0.2) is 0 Å². The summed E-state index contributed by atoms with van der Waals surface area (Å²) in [6.45, 7) is 0. The molecule has 2 nitrogen and oxygen atoms in total. The highest BCUT2D eigenvalue weighted by atomic mass is 35.5. The van der Waals surface area contributed by atoms with Crippen LogP contribution in [0.5, 0.6) is 0 Å². The molecule has 1 fully saturated rings. The lowest BCUT2D eigenvalue weighted by atomic mass is 10.1. The van der Waals surface area contributed by atoms with Crippen LogP contribution in [0.4, 0.5) is 11.4 Å². The summed E-state index contributed by atoms with van der Waals surface area (Å²) in [4.78, 5) is 0. The number of hydrogen-bond acceptors (Lipinski definition) is 3. The Kier molecular flexibility index (Phi) is 3.65. The van der Waals surface area contributed by atoms with E-state index in [1.165, 1.54) is 18.6 Å². The van der Waals surface area contributed by atoms with Gasteiger partial charge in [-0.1, -0.05) is 11.6 Å². The second-order valence-electron chi connectivity index (χ2n) is 3.79. The molecule has 0 aromatic heterocycles. The third-order valence-electron chi connectivity index (χ3n) is 2.54. The highest BCUT2D eigenvalue weighted by Crippen LogP contribution is 2.26. The summed E-state index contributed by atoms with van der Waals surface area (Å²) in [5.41, 5.74) is 7.62. The molecule has 2 rings (SSSR count). The van der Waals surface area contributed by atoms with E-state index in [2.05, 4.69) is 5.32 Å². The second-order valence-corrected chi connectivity index (χ2v) is 5.38. The minimum atomic E-state index is 0.532. The Morgan fingerprint density at radius 2 is 2.33 bits per heavy atom. The van der Waals surface area contributed by atoms with Gasteiger partial charge in [-0.2, -0.15) is 11.8 Å². The number of halogens is 1. The number of nitrogens with one attached hydrogen (secondary N) is 1. The average molecular weight is 243 g/mol. The predicted octanol–water partition coefficient (Wildman–Crippen LogP) is 3.23. The highest BCUT2D eigenvalue weighted by Gasteiger charge is 2.14. The van der Waals surface area contributed by atoms with Crippen LogP contribution >= 0.6 is 23.4 Å². The van der Waals surface area contributed by atoms with Gasteiger partial charge in [-0.05, 0) is 36.8 Å². The first-order chi connectivity index (χ1) is 7.25. The van der Waals surface area contributed by atoms with Gasteiger partial charge in [0, 0.05) is 16.8 Å².